The van der Waals surface area contributed by atoms with E-state index in [2.05, 4.69) is 27.7 Å². The molecule has 1 aliphatic rings. The molecule has 1 aromatic heterocycles. The van der Waals surface area contributed by atoms with Gasteiger partial charge in [0, 0.05) is 32.4 Å². The second-order valence-electron chi connectivity index (χ2n) is 9.41. The summed E-state index contributed by atoms with van der Waals surface area (Å²) in [5.74, 6) is -0.0579. The van der Waals surface area contributed by atoms with E-state index in [-0.39, 0.29) is 6.42 Å². The number of aliphatic carboxylic acids is 1. The molecule has 3 rings (SSSR count). The summed E-state index contributed by atoms with van der Waals surface area (Å²) < 4.78 is 10.6. The van der Waals surface area contributed by atoms with E-state index in [0.29, 0.717) is 19.7 Å². The highest BCUT2D eigenvalue weighted by atomic mass is 16.6. The van der Waals surface area contributed by atoms with Crippen molar-refractivity contribution in [1.29, 1.82) is 0 Å². The number of carboxylic acid groups (broad SMARTS) is 1. The maximum atomic E-state index is 12.4. The molecule has 0 radical (unpaired) electrons. The summed E-state index contributed by atoms with van der Waals surface area (Å²) in [4.78, 5) is 31.1. The predicted molar refractivity (Wildman–Crippen MR) is 143 cm³/mol. The van der Waals surface area contributed by atoms with Gasteiger partial charge >= 0.3 is 12.1 Å². The van der Waals surface area contributed by atoms with Gasteiger partial charge in [-0.1, -0.05) is 36.4 Å². The molecule has 1 aliphatic heterocycles. The Balaban J connectivity index is 1.44. The van der Waals surface area contributed by atoms with E-state index in [1.165, 1.54) is 5.56 Å². The zero-order chi connectivity index (χ0) is 26.5. The molecule has 0 saturated carbocycles. The van der Waals surface area contributed by atoms with E-state index in [9.17, 15) is 14.7 Å². The number of alkyl carbamates (subject to hydrolysis) is 1. The first kappa shape index (κ1) is 28.4. The quantitative estimate of drug-likeness (QED) is 0.307. The summed E-state index contributed by atoms with van der Waals surface area (Å²) in [6.45, 7) is 5.32. The lowest BCUT2D eigenvalue weighted by molar-refractivity contribution is -0.139. The number of benzene rings is 1. The van der Waals surface area contributed by atoms with Crippen molar-refractivity contribution in [1.82, 2.24) is 15.2 Å². The lowest BCUT2D eigenvalue weighted by Gasteiger charge is -2.24. The fraction of sp³-hybridized carbons (Fsp3) is 0.536. The van der Waals surface area contributed by atoms with Gasteiger partial charge < -0.3 is 30.1 Å². The molecule has 0 fully saturated rings. The summed E-state index contributed by atoms with van der Waals surface area (Å²) in [6, 6.07) is 12.6. The topological polar surface area (TPSA) is 113 Å². The van der Waals surface area contributed by atoms with Crippen LogP contribution in [0.4, 0.5) is 10.6 Å². The monoisotopic (exact) mass is 512 g/mol. The Kier molecular flexibility index (Phi) is 11.6. The molecule has 0 bridgehead atoms. The maximum absolute atomic E-state index is 12.4. The van der Waals surface area contributed by atoms with Gasteiger partial charge in [-0.05, 0) is 69.2 Å². The molecule has 1 amide bonds. The van der Waals surface area contributed by atoms with Crippen molar-refractivity contribution in [3.8, 4) is 0 Å². The Morgan fingerprint density at radius 3 is 2.70 bits per heavy atom. The number of hydrogen-bond donors (Lipinski definition) is 3. The predicted octanol–water partition coefficient (Wildman–Crippen LogP) is 4.04. The van der Waals surface area contributed by atoms with Gasteiger partial charge in [0.15, 0.2) is 0 Å². The lowest BCUT2D eigenvalue weighted by Crippen LogP contribution is -2.44. The molecular weight excluding hydrogens is 472 g/mol. The van der Waals surface area contributed by atoms with Crippen LogP contribution in [0.25, 0.3) is 0 Å². The minimum absolute atomic E-state index is 0.270. The van der Waals surface area contributed by atoms with E-state index in [1.807, 2.05) is 30.3 Å². The molecule has 0 spiro atoms. The third-order valence-corrected chi connectivity index (χ3v) is 6.60. The number of unbranched alkanes of at least 4 members (excludes halogenated alkanes) is 1. The molecule has 0 unspecified atom stereocenters. The number of nitrogens with one attached hydrogen (secondary N) is 2. The average Bonchev–Trinajstić information content (AvgIpc) is 2.91. The van der Waals surface area contributed by atoms with Gasteiger partial charge in [-0.15, -0.1) is 0 Å². The first-order valence-corrected chi connectivity index (χ1v) is 13.1. The Bertz CT molecular complexity index is 988. The number of nitrogens with zero attached hydrogens (tertiary/aromatic N) is 2. The number of anilines is 1. The summed E-state index contributed by atoms with van der Waals surface area (Å²) in [5, 5.41) is 15.6. The van der Waals surface area contributed by atoms with Crippen molar-refractivity contribution in [3.05, 3.63) is 59.3 Å². The van der Waals surface area contributed by atoms with Gasteiger partial charge in [-0.3, -0.25) is 0 Å². The first-order valence-electron chi connectivity index (χ1n) is 13.1. The molecular formula is C28H40N4O5. The summed E-state index contributed by atoms with van der Waals surface area (Å²) in [5.41, 5.74) is 3.23. The number of rotatable bonds is 15. The second-order valence-corrected chi connectivity index (χ2v) is 9.41. The molecule has 2 atom stereocenters. The van der Waals surface area contributed by atoms with E-state index in [4.69, 9.17) is 14.5 Å². The van der Waals surface area contributed by atoms with Crippen LogP contribution >= 0.6 is 0 Å². The van der Waals surface area contributed by atoms with Gasteiger partial charge in [0.25, 0.3) is 0 Å². The number of aryl methyl sites for hydroxylation is 2. The van der Waals surface area contributed by atoms with Crippen molar-refractivity contribution < 1.29 is 24.2 Å². The number of ether oxygens (including phenoxy) is 2. The Hall–Kier alpha value is -3.17. The summed E-state index contributed by atoms with van der Waals surface area (Å²) in [7, 11) is 1.65. The van der Waals surface area contributed by atoms with E-state index < -0.39 is 24.2 Å². The molecule has 0 aliphatic carbocycles. The number of methoxy groups -OCH3 is 1. The Morgan fingerprint density at radius 2 is 1.95 bits per heavy atom. The number of fused-ring (bicyclic) bond motifs is 1. The molecule has 202 valence electrons. The van der Waals surface area contributed by atoms with Crippen LogP contribution in [0.1, 0.15) is 55.5 Å². The van der Waals surface area contributed by atoms with E-state index >= 15 is 0 Å². The van der Waals surface area contributed by atoms with Crippen molar-refractivity contribution >= 4 is 17.9 Å². The highest BCUT2D eigenvalue weighted by Gasteiger charge is 2.23. The molecule has 1 aromatic carbocycles. The molecule has 9 heteroatoms. The zero-order valence-electron chi connectivity index (χ0n) is 21.9. The van der Waals surface area contributed by atoms with Crippen LogP contribution < -0.4 is 10.6 Å². The Labute approximate surface area is 219 Å². The third kappa shape index (κ3) is 9.66. The maximum Gasteiger partial charge on any atom is 0.408 e. The van der Waals surface area contributed by atoms with Crippen LogP contribution in [0, 0.1) is 0 Å². The van der Waals surface area contributed by atoms with Crippen LogP contribution in [-0.4, -0.2) is 73.0 Å². The smallest absolute Gasteiger partial charge is 0.408 e. The van der Waals surface area contributed by atoms with Gasteiger partial charge in [0.2, 0.25) is 0 Å². The van der Waals surface area contributed by atoms with Gasteiger partial charge in [-0.25, -0.2) is 14.6 Å². The number of amides is 1. The number of aromatic nitrogens is 1. The highest BCUT2D eigenvalue weighted by Crippen LogP contribution is 2.20. The highest BCUT2D eigenvalue weighted by molar-refractivity contribution is 5.79. The van der Waals surface area contributed by atoms with Gasteiger partial charge in [-0.2, -0.15) is 0 Å². The number of hydrogen-bond acceptors (Lipinski definition) is 7. The molecule has 2 aromatic rings. The fourth-order valence-electron chi connectivity index (χ4n) is 4.40. The molecule has 37 heavy (non-hydrogen) atoms. The number of pyridine rings is 1. The second kappa shape index (κ2) is 15.2. The van der Waals surface area contributed by atoms with Crippen molar-refractivity contribution in [3.63, 3.8) is 0 Å². The van der Waals surface area contributed by atoms with E-state index in [1.54, 1.807) is 14.0 Å². The SMILES string of the molecule is COCCN(CCCCc1ccc2c(n1)NCCC2)CC[C@H](NC(=O)O[C@@H](C)c1ccccc1)C(=O)O. The van der Waals surface area contributed by atoms with E-state index in [0.717, 1.165) is 62.3 Å². The Morgan fingerprint density at radius 1 is 1.14 bits per heavy atom. The standard InChI is InChI=1S/C28H40N4O5/c1-21(22-9-4-3-5-10-22)37-28(35)31-25(27(33)34)15-18-32(19-20-36-2)17-7-6-12-24-14-13-23-11-8-16-29-26(23)30-24/h3-5,9-10,13-14,21,25H,6-8,11-12,15-20H2,1-2H3,(H,29,30)(H,31,35)(H,33,34)/t21-,25-/m0/s1. The zero-order valence-corrected chi connectivity index (χ0v) is 21.9. The number of carbonyl (C=O) groups excluding carboxylic acids is 1. The molecule has 2 heterocycles. The van der Waals surface area contributed by atoms with Gasteiger partial charge in [0.1, 0.15) is 18.0 Å². The van der Waals surface area contributed by atoms with Crippen LogP contribution in [0.5, 0.6) is 0 Å². The number of carboxylic acids is 1. The summed E-state index contributed by atoms with van der Waals surface area (Å²) in [6.07, 6.45) is 4.13. The van der Waals surface area contributed by atoms with Crippen LogP contribution in [0.2, 0.25) is 0 Å². The fourth-order valence-corrected chi connectivity index (χ4v) is 4.40. The molecule has 3 N–H and O–H groups in total. The molecule has 0 saturated heterocycles. The van der Waals surface area contributed by atoms with Crippen molar-refractivity contribution in [2.45, 2.75) is 57.6 Å². The van der Waals surface area contributed by atoms with Crippen LogP contribution in [0.3, 0.4) is 0 Å². The minimum Gasteiger partial charge on any atom is -0.480 e. The largest absolute Gasteiger partial charge is 0.480 e. The average molecular weight is 513 g/mol. The van der Waals surface area contributed by atoms with Crippen molar-refractivity contribution in [2.75, 3.05) is 45.2 Å². The first-order chi connectivity index (χ1) is 18.0. The molecule has 9 nitrogen and oxygen atoms in total. The minimum atomic E-state index is -1.08. The third-order valence-electron chi connectivity index (χ3n) is 6.60. The van der Waals surface area contributed by atoms with Crippen LogP contribution in [0.15, 0.2) is 42.5 Å². The van der Waals surface area contributed by atoms with Gasteiger partial charge in [0.05, 0.1) is 6.61 Å². The normalized spacial score (nSPS) is 14.4. The van der Waals surface area contributed by atoms with Crippen molar-refractivity contribution in [2.24, 2.45) is 0 Å². The number of carbonyl (C=O) groups is 2. The summed E-state index contributed by atoms with van der Waals surface area (Å²) >= 11 is 0. The lowest BCUT2D eigenvalue weighted by atomic mass is 10.1. The van der Waals surface area contributed by atoms with Crippen LogP contribution in [-0.2, 0) is 27.1 Å².